The summed E-state index contributed by atoms with van der Waals surface area (Å²) in [7, 11) is 0. The topological polar surface area (TPSA) is 68.3 Å². The Morgan fingerprint density at radius 1 is 1.08 bits per heavy atom. The van der Waals surface area contributed by atoms with Crippen LogP contribution in [0.25, 0.3) is 0 Å². The first kappa shape index (κ1) is 19.6. The average molecular weight is 354 g/mol. The number of amides is 1. The first-order valence-corrected chi connectivity index (χ1v) is 9.06. The van der Waals surface area contributed by atoms with Gasteiger partial charge in [-0.15, -0.1) is 0 Å². The van der Waals surface area contributed by atoms with E-state index in [0.717, 1.165) is 30.6 Å². The van der Waals surface area contributed by atoms with Gasteiger partial charge in [0, 0.05) is 24.6 Å². The minimum Gasteiger partial charge on any atom is -0.494 e. The van der Waals surface area contributed by atoms with Crippen LogP contribution in [-0.4, -0.2) is 23.3 Å². The average Bonchev–Trinajstić information content (AvgIpc) is 2.66. The van der Waals surface area contributed by atoms with Gasteiger partial charge in [0.25, 0.3) is 0 Å². The van der Waals surface area contributed by atoms with Crippen molar-refractivity contribution in [2.24, 2.45) is 0 Å². The number of hydrogen-bond acceptors (Lipinski definition) is 4. The number of aromatic nitrogens is 1. The molecule has 138 valence electrons. The third-order valence-electron chi connectivity index (χ3n) is 4.09. The zero-order valence-electron chi connectivity index (χ0n) is 15.5. The molecule has 0 fully saturated rings. The third kappa shape index (κ3) is 6.31. The second kappa shape index (κ2) is 10.3. The van der Waals surface area contributed by atoms with Gasteiger partial charge in [0.15, 0.2) is 5.78 Å². The van der Waals surface area contributed by atoms with Crippen molar-refractivity contribution in [1.29, 1.82) is 0 Å². The van der Waals surface area contributed by atoms with E-state index in [1.54, 1.807) is 36.7 Å². The quantitative estimate of drug-likeness (QED) is 0.502. The van der Waals surface area contributed by atoms with Crippen LogP contribution < -0.4 is 10.1 Å². The maximum absolute atomic E-state index is 12.2. The first-order valence-electron chi connectivity index (χ1n) is 9.06. The SMILES string of the molecule is CCCCCOc1ccc(C(=O)CCC(=O)Nc2cnccc2C)cc1. The molecule has 0 aliphatic carbocycles. The smallest absolute Gasteiger partial charge is 0.224 e. The number of ketones is 1. The second-order valence-electron chi connectivity index (χ2n) is 6.24. The van der Waals surface area contributed by atoms with Crippen LogP contribution in [0.3, 0.4) is 0 Å². The summed E-state index contributed by atoms with van der Waals surface area (Å²) in [6.07, 6.45) is 6.93. The van der Waals surface area contributed by atoms with E-state index in [1.165, 1.54) is 0 Å². The van der Waals surface area contributed by atoms with E-state index < -0.39 is 0 Å². The van der Waals surface area contributed by atoms with Gasteiger partial charge in [-0.1, -0.05) is 19.8 Å². The Morgan fingerprint density at radius 3 is 2.54 bits per heavy atom. The zero-order valence-corrected chi connectivity index (χ0v) is 15.5. The number of aryl methyl sites for hydroxylation is 1. The Hall–Kier alpha value is -2.69. The number of pyridine rings is 1. The van der Waals surface area contributed by atoms with Gasteiger partial charge in [0.05, 0.1) is 18.5 Å². The molecule has 1 aromatic heterocycles. The highest BCUT2D eigenvalue weighted by molar-refractivity contribution is 6.00. The lowest BCUT2D eigenvalue weighted by molar-refractivity contribution is -0.116. The fourth-order valence-corrected chi connectivity index (χ4v) is 2.46. The Kier molecular flexibility index (Phi) is 7.80. The number of unbranched alkanes of at least 4 members (excludes halogenated alkanes) is 2. The monoisotopic (exact) mass is 354 g/mol. The van der Waals surface area contributed by atoms with Crippen LogP contribution in [0.2, 0.25) is 0 Å². The molecule has 0 saturated carbocycles. The predicted molar refractivity (Wildman–Crippen MR) is 103 cm³/mol. The van der Waals surface area contributed by atoms with Crippen molar-refractivity contribution in [3.8, 4) is 5.75 Å². The molecule has 0 aliphatic heterocycles. The Labute approximate surface area is 154 Å². The minimum atomic E-state index is -0.190. The molecule has 0 atom stereocenters. The van der Waals surface area contributed by atoms with E-state index in [-0.39, 0.29) is 24.5 Å². The highest BCUT2D eigenvalue weighted by Gasteiger charge is 2.10. The van der Waals surface area contributed by atoms with Gasteiger partial charge < -0.3 is 10.1 Å². The largest absolute Gasteiger partial charge is 0.494 e. The van der Waals surface area contributed by atoms with Crippen molar-refractivity contribution in [3.63, 3.8) is 0 Å². The molecule has 0 bridgehead atoms. The normalized spacial score (nSPS) is 10.4. The van der Waals surface area contributed by atoms with Crippen LogP contribution >= 0.6 is 0 Å². The number of carbonyl (C=O) groups excluding carboxylic acids is 2. The number of hydrogen-bond donors (Lipinski definition) is 1. The molecule has 1 heterocycles. The minimum absolute atomic E-state index is 0.0550. The summed E-state index contributed by atoms with van der Waals surface area (Å²) in [4.78, 5) is 28.2. The molecule has 0 unspecified atom stereocenters. The van der Waals surface area contributed by atoms with E-state index in [0.29, 0.717) is 17.9 Å². The van der Waals surface area contributed by atoms with Gasteiger partial charge in [-0.2, -0.15) is 0 Å². The van der Waals surface area contributed by atoms with E-state index >= 15 is 0 Å². The molecule has 0 spiro atoms. The summed E-state index contributed by atoms with van der Waals surface area (Å²) in [6.45, 7) is 4.74. The van der Waals surface area contributed by atoms with Gasteiger partial charge in [0.1, 0.15) is 5.75 Å². The van der Waals surface area contributed by atoms with E-state index in [4.69, 9.17) is 4.74 Å². The molecule has 1 aromatic carbocycles. The molecule has 1 N–H and O–H groups in total. The molecule has 2 rings (SSSR count). The number of Topliss-reactive ketones (excluding diaryl/α,β-unsaturated/α-hetero) is 1. The van der Waals surface area contributed by atoms with Crippen molar-refractivity contribution in [2.45, 2.75) is 46.0 Å². The van der Waals surface area contributed by atoms with E-state index in [2.05, 4.69) is 17.2 Å². The summed E-state index contributed by atoms with van der Waals surface area (Å²) in [5.41, 5.74) is 2.21. The molecule has 1 amide bonds. The van der Waals surface area contributed by atoms with Crippen LogP contribution in [-0.2, 0) is 4.79 Å². The summed E-state index contributed by atoms with van der Waals surface area (Å²) in [5, 5.41) is 2.79. The Bertz CT molecular complexity index is 726. The highest BCUT2D eigenvalue weighted by Crippen LogP contribution is 2.16. The Balaban J connectivity index is 1.78. The molecule has 0 aliphatic rings. The molecular formula is C21H26N2O3. The maximum atomic E-state index is 12.2. The summed E-state index contributed by atoms with van der Waals surface area (Å²) in [5.74, 6) is 0.522. The van der Waals surface area contributed by atoms with E-state index in [9.17, 15) is 9.59 Å². The van der Waals surface area contributed by atoms with Gasteiger partial charge in [-0.3, -0.25) is 14.6 Å². The first-order chi connectivity index (χ1) is 12.6. The molecule has 0 saturated heterocycles. The lowest BCUT2D eigenvalue weighted by Gasteiger charge is -2.08. The van der Waals surface area contributed by atoms with Gasteiger partial charge in [-0.25, -0.2) is 0 Å². The summed E-state index contributed by atoms with van der Waals surface area (Å²) in [6, 6.07) is 8.93. The number of rotatable bonds is 10. The molecule has 5 heteroatoms. The van der Waals surface area contributed by atoms with Crippen molar-refractivity contribution in [1.82, 2.24) is 4.98 Å². The van der Waals surface area contributed by atoms with Crippen LogP contribution in [0.1, 0.15) is 54.9 Å². The number of nitrogens with one attached hydrogen (secondary N) is 1. The third-order valence-corrected chi connectivity index (χ3v) is 4.09. The molecule has 2 aromatic rings. The molecule has 0 radical (unpaired) electrons. The summed E-state index contributed by atoms with van der Waals surface area (Å²) < 4.78 is 5.64. The fraction of sp³-hybridized carbons (Fsp3) is 0.381. The molecule has 26 heavy (non-hydrogen) atoms. The van der Waals surface area contributed by atoms with Gasteiger partial charge in [0.2, 0.25) is 5.91 Å². The van der Waals surface area contributed by atoms with E-state index in [1.807, 2.05) is 13.0 Å². The molecule has 5 nitrogen and oxygen atoms in total. The Morgan fingerprint density at radius 2 is 1.85 bits per heavy atom. The van der Waals surface area contributed by atoms with Crippen molar-refractivity contribution < 1.29 is 14.3 Å². The van der Waals surface area contributed by atoms with Crippen LogP contribution in [0.15, 0.2) is 42.7 Å². The highest BCUT2D eigenvalue weighted by atomic mass is 16.5. The van der Waals surface area contributed by atoms with Crippen LogP contribution in [0, 0.1) is 6.92 Å². The maximum Gasteiger partial charge on any atom is 0.224 e. The zero-order chi connectivity index (χ0) is 18.8. The molecular weight excluding hydrogens is 328 g/mol. The summed E-state index contributed by atoms with van der Waals surface area (Å²) >= 11 is 0. The number of anilines is 1. The predicted octanol–water partition coefficient (Wildman–Crippen LogP) is 4.56. The second-order valence-corrected chi connectivity index (χ2v) is 6.24. The van der Waals surface area contributed by atoms with Crippen molar-refractivity contribution in [3.05, 3.63) is 53.9 Å². The number of nitrogens with zero attached hydrogens (tertiary/aromatic N) is 1. The number of carbonyl (C=O) groups is 2. The lowest BCUT2D eigenvalue weighted by atomic mass is 10.1. The van der Waals surface area contributed by atoms with Gasteiger partial charge >= 0.3 is 0 Å². The number of benzene rings is 1. The van der Waals surface area contributed by atoms with Crippen molar-refractivity contribution in [2.75, 3.05) is 11.9 Å². The van der Waals surface area contributed by atoms with Crippen molar-refractivity contribution >= 4 is 17.4 Å². The van der Waals surface area contributed by atoms with Gasteiger partial charge in [-0.05, 0) is 49.2 Å². The number of ether oxygens (including phenoxy) is 1. The van der Waals surface area contributed by atoms with Crippen LogP contribution in [0.5, 0.6) is 5.75 Å². The lowest BCUT2D eigenvalue weighted by Crippen LogP contribution is -2.14. The fourth-order valence-electron chi connectivity index (χ4n) is 2.46. The standard InChI is InChI=1S/C21H26N2O3/c1-3-4-5-14-26-18-8-6-17(7-9-18)20(24)10-11-21(25)23-19-15-22-13-12-16(19)2/h6-9,12-13,15H,3-5,10-11,14H2,1-2H3,(H,23,25). The van der Waals surface area contributed by atoms with Crippen LogP contribution in [0.4, 0.5) is 5.69 Å².